The van der Waals surface area contributed by atoms with Crippen LogP contribution in [0.1, 0.15) is 12.8 Å². The maximum atomic E-state index is 10.5. The highest BCUT2D eigenvalue weighted by atomic mass is 32.2. The number of ether oxygens (including phenoxy) is 1. The van der Waals surface area contributed by atoms with Gasteiger partial charge in [-0.25, -0.2) is 0 Å². The summed E-state index contributed by atoms with van der Waals surface area (Å²) in [4.78, 5) is 10.5. The Balaban J connectivity index is 2.95. The summed E-state index contributed by atoms with van der Waals surface area (Å²) in [7, 11) is 1.66. The van der Waals surface area contributed by atoms with E-state index in [0.717, 1.165) is 25.2 Å². The van der Waals surface area contributed by atoms with E-state index >= 15 is 0 Å². The fourth-order valence-corrected chi connectivity index (χ4v) is 1.25. The zero-order chi connectivity index (χ0) is 8.53. The van der Waals surface area contributed by atoms with Gasteiger partial charge < -0.3 is 9.84 Å². The van der Waals surface area contributed by atoms with E-state index < -0.39 is 0 Å². The Kier molecular flexibility index (Phi) is 8.00. The van der Waals surface area contributed by atoms with Gasteiger partial charge in [-0.2, -0.15) is 0 Å². The fourth-order valence-electron chi connectivity index (χ4n) is 0.580. The van der Waals surface area contributed by atoms with E-state index in [2.05, 4.69) is 0 Å². The molecule has 0 saturated heterocycles. The summed E-state index contributed by atoms with van der Waals surface area (Å²) in [5.41, 5.74) is 0. The Bertz CT molecular complexity index is 106. The zero-order valence-corrected chi connectivity index (χ0v) is 7.52. The molecule has 0 aliphatic heterocycles. The van der Waals surface area contributed by atoms with Crippen LogP contribution in [0.5, 0.6) is 0 Å². The van der Waals surface area contributed by atoms with Crippen LogP contribution in [-0.2, 0) is 9.53 Å². The number of aliphatic hydroxyl groups is 1. The molecule has 0 aromatic carbocycles. The van der Waals surface area contributed by atoms with Crippen LogP contribution in [-0.4, -0.2) is 36.3 Å². The van der Waals surface area contributed by atoms with Crippen molar-refractivity contribution in [2.24, 2.45) is 0 Å². The molecule has 0 amide bonds. The molecule has 4 heteroatoms. The van der Waals surface area contributed by atoms with E-state index in [4.69, 9.17) is 9.84 Å². The summed E-state index contributed by atoms with van der Waals surface area (Å²) in [6.45, 7) is 0.392. The molecule has 0 rings (SSSR count). The standard InChI is InChI=1S/C7H14O3S/c1-10-4-2-3-5-11-7(9)6-8/h8H,2-6H2,1H3. The molecule has 0 bridgehead atoms. The monoisotopic (exact) mass is 178 g/mol. The first kappa shape index (κ1) is 10.9. The normalized spacial score (nSPS) is 10.0. The van der Waals surface area contributed by atoms with Crippen LogP contribution in [0.4, 0.5) is 0 Å². The van der Waals surface area contributed by atoms with E-state index in [1.807, 2.05) is 0 Å². The van der Waals surface area contributed by atoms with Crippen molar-refractivity contribution in [3.8, 4) is 0 Å². The second-order valence-electron chi connectivity index (χ2n) is 2.08. The van der Waals surface area contributed by atoms with Gasteiger partial charge in [0, 0.05) is 19.5 Å². The van der Waals surface area contributed by atoms with Crippen LogP contribution in [0.25, 0.3) is 0 Å². The van der Waals surface area contributed by atoms with Crippen molar-refractivity contribution in [1.29, 1.82) is 0 Å². The smallest absolute Gasteiger partial charge is 0.214 e. The molecular formula is C7H14O3S. The molecule has 11 heavy (non-hydrogen) atoms. The summed E-state index contributed by atoms with van der Waals surface area (Å²) in [5.74, 6) is 0.781. The van der Waals surface area contributed by atoms with E-state index in [-0.39, 0.29) is 11.7 Å². The third-order valence-corrected chi connectivity index (χ3v) is 2.08. The zero-order valence-electron chi connectivity index (χ0n) is 6.71. The molecule has 3 nitrogen and oxygen atoms in total. The number of methoxy groups -OCH3 is 1. The van der Waals surface area contributed by atoms with Crippen molar-refractivity contribution in [2.75, 3.05) is 26.1 Å². The van der Waals surface area contributed by atoms with Gasteiger partial charge >= 0.3 is 0 Å². The molecule has 0 atom stereocenters. The van der Waals surface area contributed by atoms with Crippen molar-refractivity contribution in [3.63, 3.8) is 0 Å². The highest BCUT2D eigenvalue weighted by Crippen LogP contribution is 2.04. The number of unbranched alkanes of at least 4 members (excludes halogenated alkanes) is 1. The number of aliphatic hydroxyl groups excluding tert-OH is 1. The first-order chi connectivity index (χ1) is 5.31. The Morgan fingerprint density at radius 2 is 2.27 bits per heavy atom. The van der Waals surface area contributed by atoms with E-state index in [1.165, 1.54) is 11.8 Å². The Morgan fingerprint density at radius 1 is 1.55 bits per heavy atom. The van der Waals surface area contributed by atoms with Gasteiger partial charge in [0.05, 0.1) is 0 Å². The molecular weight excluding hydrogens is 164 g/mol. The largest absolute Gasteiger partial charge is 0.388 e. The second kappa shape index (κ2) is 8.04. The highest BCUT2D eigenvalue weighted by molar-refractivity contribution is 8.13. The quantitative estimate of drug-likeness (QED) is 0.607. The topological polar surface area (TPSA) is 46.5 Å². The minimum absolute atomic E-state index is 0.151. The lowest BCUT2D eigenvalue weighted by molar-refractivity contribution is -0.113. The predicted molar refractivity (Wildman–Crippen MR) is 45.7 cm³/mol. The molecule has 0 fully saturated rings. The van der Waals surface area contributed by atoms with Crippen molar-refractivity contribution < 1.29 is 14.6 Å². The van der Waals surface area contributed by atoms with Crippen molar-refractivity contribution in [3.05, 3.63) is 0 Å². The first-order valence-electron chi connectivity index (χ1n) is 3.56. The minimum atomic E-state index is -0.352. The molecule has 0 spiro atoms. The van der Waals surface area contributed by atoms with Gasteiger partial charge in [0.1, 0.15) is 6.61 Å². The average molecular weight is 178 g/mol. The summed E-state index contributed by atoms with van der Waals surface area (Å²) < 4.78 is 4.83. The lowest BCUT2D eigenvalue weighted by atomic mass is 10.4. The van der Waals surface area contributed by atoms with Crippen LogP contribution >= 0.6 is 11.8 Å². The SMILES string of the molecule is COCCCCSC(=O)CO. The second-order valence-corrected chi connectivity index (χ2v) is 3.23. The first-order valence-corrected chi connectivity index (χ1v) is 4.55. The highest BCUT2D eigenvalue weighted by Gasteiger charge is 1.98. The molecule has 0 heterocycles. The van der Waals surface area contributed by atoms with Crippen molar-refractivity contribution in [1.82, 2.24) is 0 Å². The molecule has 0 aliphatic rings. The van der Waals surface area contributed by atoms with Crippen LogP contribution < -0.4 is 0 Å². The average Bonchev–Trinajstić information content (AvgIpc) is 2.04. The van der Waals surface area contributed by atoms with Crippen LogP contribution in [0.3, 0.4) is 0 Å². The van der Waals surface area contributed by atoms with Crippen molar-refractivity contribution in [2.45, 2.75) is 12.8 Å². The maximum Gasteiger partial charge on any atom is 0.214 e. The summed E-state index contributed by atoms with van der Waals surface area (Å²) >= 11 is 1.18. The number of carbonyl (C=O) groups excluding carboxylic acids is 1. The van der Waals surface area contributed by atoms with Crippen LogP contribution in [0.2, 0.25) is 0 Å². The van der Waals surface area contributed by atoms with E-state index in [9.17, 15) is 4.79 Å². The molecule has 0 unspecified atom stereocenters. The number of hydrogen-bond donors (Lipinski definition) is 1. The van der Waals surface area contributed by atoms with E-state index in [0.29, 0.717) is 0 Å². The van der Waals surface area contributed by atoms with Crippen LogP contribution in [0, 0.1) is 0 Å². The predicted octanol–water partition coefficient (Wildman–Crippen LogP) is 0.665. The van der Waals surface area contributed by atoms with Gasteiger partial charge in [-0.05, 0) is 12.8 Å². The molecule has 1 N–H and O–H groups in total. The molecule has 0 aromatic rings. The Labute approximate surface area is 71.1 Å². The third kappa shape index (κ3) is 7.84. The molecule has 0 aliphatic carbocycles. The minimum Gasteiger partial charge on any atom is -0.388 e. The summed E-state index contributed by atoms with van der Waals surface area (Å²) in [6, 6.07) is 0. The van der Waals surface area contributed by atoms with Crippen molar-refractivity contribution >= 4 is 16.9 Å². The Hall–Kier alpha value is -0.0600. The number of thioether (sulfide) groups is 1. The summed E-state index contributed by atoms with van der Waals surface area (Å²) in [5, 5.41) is 8.19. The third-order valence-electron chi connectivity index (χ3n) is 1.13. The number of carbonyl (C=O) groups is 1. The van der Waals surface area contributed by atoms with Gasteiger partial charge in [-0.15, -0.1) is 0 Å². The maximum absolute atomic E-state index is 10.5. The molecule has 0 aromatic heterocycles. The van der Waals surface area contributed by atoms with Crippen LogP contribution in [0.15, 0.2) is 0 Å². The summed E-state index contributed by atoms with van der Waals surface area (Å²) in [6.07, 6.45) is 1.94. The molecule has 0 radical (unpaired) electrons. The Morgan fingerprint density at radius 3 is 2.82 bits per heavy atom. The lowest BCUT2D eigenvalue weighted by Crippen LogP contribution is -1.99. The van der Waals surface area contributed by atoms with Gasteiger partial charge in [-0.3, -0.25) is 4.79 Å². The van der Waals surface area contributed by atoms with E-state index in [1.54, 1.807) is 7.11 Å². The molecule has 0 saturated carbocycles. The fraction of sp³-hybridized carbons (Fsp3) is 0.857. The van der Waals surface area contributed by atoms with Gasteiger partial charge in [0.25, 0.3) is 0 Å². The molecule has 66 valence electrons. The lowest BCUT2D eigenvalue weighted by Gasteiger charge is -1.97. The van der Waals surface area contributed by atoms with Gasteiger partial charge in [0.15, 0.2) is 0 Å². The number of hydrogen-bond acceptors (Lipinski definition) is 4. The van der Waals surface area contributed by atoms with Gasteiger partial charge in [0.2, 0.25) is 5.12 Å². The number of rotatable bonds is 6. The van der Waals surface area contributed by atoms with Gasteiger partial charge in [-0.1, -0.05) is 11.8 Å².